The zero-order chi connectivity index (χ0) is 17.2. The summed E-state index contributed by atoms with van der Waals surface area (Å²) in [6.45, 7) is 5.59. The fraction of sp³-hybridized carbons (Fsp3) is 0.647. The first kappa shape index (κ1) is 19.1. The van der Waals surface area contributed by atoms with Gasteiger partial charge >= 0.3 is 0 Å². The number of nitrogens with zero attached hydrogens (tertiary/aromatic N) is 1. The number of hydrogen-bond donors (Lipinski definition) is 3. The highest BCUT2D eigenvalue weighted by molar-refractivity contribution is 7.16. The Morgan fingerprint density at radius 2 is 1.88 bits per heavy atom. The largest absolute Gasteiger partial charge is 0.351 e. The minimum atomic E-state index is -0.134. The summed E-state index contributed by atoms with van der Waals surface area (Å²) in [6.07, 6.45) is 4.65. The Hall–Kier alpha value is -1.28. The molecule has 0 aromatic carbocycles. The molecule has 1 aromatic rings. The summed E-state index contributed by atoms with van der Waals surface area (Å²) in [5.41, 5.74) is 5.40. The van der Waals surface area contributed by atoms with E-state index in [-0.39, 0.29) is 11.7 Å². The molecule has 0 radical (unpaired) electrons. The molecule has 4 N–H and O–H groups in total. The molecular weight excluding hydrogens is 324 g/mol. The smallest absolute Gasteiger partial charge is 0.261 e. The van der Waals surface area contributed by atoms with Crippen molar-refractivity contribution < 1.29 is 9.59 Å². The first-order chi connectivity index (χ1) is 11.7. The van der Waals surface area contributed by atoms with Crippen molar-refractivity contribution in [1.82, 2.24) is 15.5 Å². The average molecular weight is 353 g/mol. The summed E-state index contributed by atoms with van der Waals surface area (Å²) in [4.78, 5) is 27.7. The number of amides is 1. The van der Waals surface area contributed by atoms with Gasteiger partial charge < -0.3 is 21.3 Å². The van der Waals surface area contributed by atoms with Crippen LogP contribution < -0.4 is 16.4 Å². The molecule has 1 amide bonds. The van der Waals surface area contributed by atoms with Crippen LogP contribution in [0.2, 0.25) is 0 Å². The number of thiophene rings is 1. The van der Waals surface area contributed by atoms with Crippen LogP contribution in [0.4, 0.5) is 0 Å². The maximum atomic E-state index is 12.2. The molecule has 0 unspecified atom stereocenters. The summed E-state index contributed by atoms with van der Waals surface area (Å²) in [7, 11) is 0. The Kier molecular flexibility index (Phi) is 8.38. The van der Waals surface area contributed by atoms with E-state index in [1.54, 1.807) is 12.1 Å². The topological polar surface area (TPSA) is 87.5 Å². The molecular formula is C17H28N4O2S. The van der Waals surface area contributed by atoms with E-state index < -0.39 is 0 Å². The highest BCUT2D eigenvalue weighted by atomic mass is 32.1. The Morgan fingerprint density at radius 3 is 2.62 bits per heavy atom. The highest BCUT2D eigenvalue weighted by Crippen LogP contribution is 2.16. The number of ketones is 1. The van der Waals surface area contributed by atoms with Crippen molar-refractivity contribution in [2.24, 2.45) is 5.73 Å². The summed E-state index contributed by atoms with van der Waals surface area (Å²) in [6, 6.07) is 3.45. The van der Waals surface area contributed by atoms with E-state index >= 15 is 0 Å². The Labute approximate surface area is 147 Å². The zero-order valence-corrected chi connectivity index (χ0v) is 15.0. The second-order valence-electron chi connectivity index (χ2n) is 6.06. The van der Waals surface area contributed by atoms with Crippen molar-refractivity contribution in [3.8, 4) is 0 Å². The fourth-order valence-electron chi connectivity index (χ4n) is 2.71. The van der Waals surface area contributed by atoms with E-state index in [1.807, 2.05) is 0 Å². The van der Waals surface area contributed by atoms with Crippen LogP contribution in [0.5, 0.6) is 0 Å². The summed E-state index contributed by atoms with van der Waals surface area (Å²) in [5, 5.41) is 6.01. The fourth-order valence-corrected chi connectivity index (χ4v) is 3.57. The van der Waals surface area contributed by atoms with Gasteiger partial charge in [0.15, 0.2) is 5.78 Å². The van der Waals surface area contributed by atoms with Gasteiger partial charge in [-0.25, -0.2) is 0 Å². The molecule has 6 nitrogen and oxygen atoms in total. The number of piperidine rings is 1. The van der Waals surface area contributed by atoms with Crippen molar-refractivity contribution in [3.05, 3.63) is 21.9 Å². The van der Waals surface area contributed by atoms with Gasteiger partial charge in [0.1, 0.15) is 0 Å². The first-order valence-corrected chi connectivity index (χ1v) is 9.56. The van der Waals surface area contributed by atoms with Gasteiger partial charge in [0.05, 0.1) is 16.3 Å². The lowest BCUT2D eigenvalue weighted by Crippen LogP contribution is -2.37. The quantitative estimate of drug-likeness (QED) is 0.433. The van der Waals surface area contributed by atoms with Crippen LogP contribution in [0.25, 0.3) is 0 Å². The minimum Gasteiger partial charge on any atom is -0.351 e. The monoisotopic (exact) mass is 352 g/mol. The Morgan fingerprint density at radius 1 is 1.12 bits per heavy atom. The van der Waals surface area contributed by atoms with Gasteiger partial charge in [-0.15, -0.1) is 11.3 Å². The van der Waals surface area contributed by atoms with E-state index in [4.69, 9.17) is 5.73 Å². The number of likely N-dealkylation sites (tertiary alicyclic amines) is 1. The van der Waals surface area contributed by atoms with E-state index in [0.29, 0.717) is 29.4 Å². The van der Waals surface area contributed by atoms with Crippen LogP contribution in [0, 0.1) is 0 Å². The van der Waals surface area contributed by atoms with Crippen LogP contribution in [0.3, 0.4) is 0 Å². The third kappa shape index (κ3) is 6.32. The van der Waals surface area contributed by atoms with Crippen LogP contribution in [-0.4, -0.2) is 62.4 Å². The molecule has 1 aromatic heterocycles. The second-order valence-corrected chi connectivity index (χ2v) is 7.15. The third-order valence-electron chi connectivity index (χ3n) is 4.11. The van der Waals surface area contributed by atoms with Crippen LogP contribution in [-0.2, 0) is 0 Å². The minimum absolute atomic E-state index is 0.0413. The van der Waals surface area contributed by atoms with E-state index in [9.17, 15) is 9.59 Å². The normalized spacial score (nSPS) is 15.4. The van der Waals surface area contributed by atoms with E-state index in [1.165, 1.54) is 43.7 Å². The molecule has 0 spiro atoms. The summed E-state index contributed by atoms with van der Waals surface area (Å²) >= 11 is 1.25. The van der Waals surface area contributed by atoms with E-state index in [2.05, 4.69) is 15.5 Å². The lowest BCUT2D eigenvalue weighted by atomic mass is 10.1. The number of nitrogens with two attached hydrogens (primary N) is 1. The van der Waals surface area contributed by atoms with Crippen LogP contribution in [0.15, 0.2) is 12.1 Å². The SMILES string of the molecule is NCCCNC(=O)c1ccc(C(=O)CNCCN2CCCCC2)s1. The van der Waals surface area contributed by atoms with Crippen molar-refractivity contribution >= 4 is 23.0 Å². The average Bonchev–Trinajstić information content (AvgIpc) is 3.10. The molecule has 0 aliphatic carbocycles. The number of rotatable bonds is 10. The molecule has 1 aliphatic rings. The zero-order valence-electron chi connectivity index (χ0n) is 14.2. The Bertz CT molecular complexity index is 526. The molecule has 2 rings (SSSR count). The highest BCUT2D eigenvalue weighted by Gasteiger charge is 2.14. The number of carbonyl (C=O) groups excluding carboxylic acids is 2. The lowest BCUT2D eigenvalue weighted by Gasteiger charge is -2.26. The van der Waals surface area contributed by atoms with Gasteiger partial charge in [0, 0.05) is 19.6 Å². The molecule has 0 atom stereocenters. The number of hydrogen-bond acceptors (Lipinski definition) is 6. The maximum Gasteiger partial charge on any atom is 0.261 e. The molecule has 0 bridgehead atoms. The molecule has 1 saturated heterocycles. The molecule has 2 heterocycles. The van der Waals surface area contributed by atoms with Gasteiger partial charge in [-0.1, -0.05) is 6.42 Å². The van der Waals surface area contributed by atoms with Crippen molar-refractivity contribution in [1.29, 1.82) is 0 Å². The summed E-state index contributed by atoms with van der Waals surface area (Å²) < 4.78 is 0. The third-order valence-corrected chi connectivity index (χ3v) is 5.24. The van der Waals surface area contributed by atoms with Gasteiger partial charge in [0.25, 0.3) is 5.91 Å². The molecule has 1 aliphatic heterocycles. The van der Waals surface area contributed by atoms with Crippen LogP contribution in [0.1, 0.15) is 45.0 Å². The van der Waals surface area contributed by atoms with E-state index in [0.717, 1.165) is 19.5 Å². The molecule has 1 fully saturated rings. The van der Waals surface area contributed by atoms with Gasteiger partial charge in [-0.3, -0.25) is 9.59 Å². The van der Waals surface area contributed by atoms with Crippen molar-refractivity contribution in [2.45, 2.75) is 25.7 Å². The number of nitrogens with one attached hydrogen (secondary N) is 2. The predicted molar refractivity (Wildman–Crippen MR) is 97.8 cm³/mol. The van der Waals surface area contributed by atoms with Gasteiger partial charge in [-0.2, -0.15) is 0 Å². The van der Waals surface area contributed by atoms with Gasteiger partial charge in [0.2, 0.25) is 0 Å². The number of Topliss-reactive ketones (excluding diaryl/α,β-unsaturated/α-hetero) is 1. The molecule has 0 saturated carbocycles. The Balaban J connectivity index is 1.67. The van der Waals surface area contributed by atoms with Crippen molar-refractivity contribution in [3.63, 3.8) is 0 Å². The number of carbonyl (C=O) groups is 2. The molecule has 24 heavy (non-hydrogen) atoms. The molecule has 134 valence electrons. The second kappa shape index (κ2) is 10.6. The predicted octanol–water partition coefficient (Wildman–Crippen LogP) is 1.08. The molecule has 7 heteroatoms. The standard InChI is InChI=1S/C17H28N4O2S/c18-7-4-8-20-17(23)16-6-5-15(24-16)14(22)13-19-9-12-21-10-2-1-3-11-21/h5-6,19H,1-4,7-13,18H2,(H,20,23). The van der Waals surface area contributed by atoms with Crippen molar-refractivity contribution in [2.75, 3.05) is 45.8 Å². The first-order valence-electron chi connectivity index (χ1n) is 8.75. The lowest BCUT2D eigenvalue weighted by molar-refractivity contribution is 0.0956. The maximum absolute atomic E-state index is 12.2. The summed E-state index contributed by atoms with van der Waals surface area (Å²) in [5.74, 6) is -0.0924. The van der Waals surface area contributed by atoms with Gasteiger partial charge in [-0.05, 0) is 51.0 Å². The van der Waals surface area contributed by atoms with Crippen LogP contribution >= 0.6 is 11.3 Å².